The third-order valence-corrected chi connectivity index (χ3v) is 4.27. The maximum atomic E-state index is 12.5. The van der Waals surface area contributed by atoms with Crippen LogP contribution in [0.4, 0.5) is 13.2 Å². The molecule has 2 aromatic rings. The van der Waals surface area contributed by atoms with E-state index in [0.717, 1.165) is 6.20 Å². The minimum Gasteiger partial charge on any atom is -0.317 e. The molecule has 0 fully saturated rings. The largest absolute Gasteiger partial charge is 0.433 e. The van der Waals surface area contributed by atoms with Crippen molar-refractivity contribution in [3.05, 3.63) is 35.4 Å². The zero-order chi connectivity index (χ0) is 16.5. The fourth-order valence-corrected chi connectivity index (χ4v) is 2.93. The first-order valence-corrected chi connectivity index (χ1v) is 7.85. The van der Waals surface area contributed by atoms with E-state index in [-0.39, 0.29) is 5.82 Å². The van der Waals surface area contributed by atoms with Crippen molar-refractivity contribution < 1.29 is 21.6 Å². The minimum absolute atomic E-state index is 0.199. The highest BCUT2D eigenvalue weighted by Crippen LogP contribution is 2.27. The third-order valence-electron chi connectivity index (χ3n) is 2.88. The fraction of sp³-hybridized carbons (Fsp3) is 0.455. The molecule has 0 aromatic carbocycles. The summed E-state index contributed by atoms with van der Waals surface area (Å²) >= 11 is 0. The number of aryl methyl sites for hydroxylation is 1. The lowest BCUT2D eigenvalue weighted by Gasteiger charge is -2.07. The van der Waals surface area contributed by atoms with Gasteiger partial charge in [0.05, 0.1) is 0 Å². The smallest absolute Gasteiger partial charge is 0.317 e. The zero-order valence-corrected chi connectivity index (χ0v) is 12.5. The first-order chi connectivity index (χ1) is 10.1. The summed E-state index contributed by atoms with van der Waals surface area (Å²) in [5.41, 5.74) is -1.18. The van der Waals surface area contributed by atoms with E-state index in [1.807, 2.05) is 0 Å². The molecule has 22 heavy (non-hydrogen) atoms. The van der Waals surface area contributed by atoms with E-state index in [1.54, 1.807) is 14.0 Å². The van der Waals surface area contributed by atoms with Crippen molar-refractivity contribution in [3.8, 4) is 0 Å². The van der Waals surface area contributed by atoms with E-state index in [9.17, 15) is 21.6 Å². The monoisotopic (exact) mass is 335 g/mol. The summed E-state index contributed by atoms with van der Waals surface area (Å²) in [7, 11) is -2.18. The SMILES string of the molecule is Cc1nnc(CS(=O)(=O)Cc2nccc(C(F)(F)F)n2)n1C. The van der Waals surface area contributed by atoms with Gasteiger partial charge in [-0.15, -0.1) is 10.2 Å². The van der Waals surface area contributed by atoms with Gasteiger partial charge in [0.2, 0.25) is 0 Å². The molecule has 0 unspecified atom stereocenters. The molecular weight excluding hydrogens is 323 g/mol. The highest BCUT2D eigenvalue weighted by Gasteiger charge is 2.33. The predicted octanol–water partition coefficient (Wildman–Crippen LogP) is 1.05. The van der Waals surface area contributed by atoms with Crippen molar-refractivity contribution in [2.75, 3.05) is 0 Å². The lowest BCUT2D eigenvalue weighted by Crippen LogP contribution is -2.16. The van der Waals surface area contributed by atoms with Crippen LogP contribution in [0.25, 0.3) is 0 Å². The molecule has 2 heterocycles. The van der Waals surface area contributed by atoms with Crippen molar-refractivity contribution in [2.24, 2.45) is 7.05 Å². The molecule has 0 saturated heterocycles. The maximum Gasteiger partial charge on any atom is 0.433 e. The Kier molecular flexibility index (Phi) is 4.18. The van der Waals surface area contributed by atoms with Crippen LogP contribution >= 0.6 is 0 Å². The van der Waals surface area contributed by atoms with Gasteiger partial charge in [0.1, 0.15) is 34.7 Å². The van der Waals surface area contributed by atoms with Crippen LogP contribution < -0.4 is 0 Å². The van der Waals surface area contributed by atoms with Crippen LogP contribution in [-0.2, 0) is 34.6 Å². The van der Waals surface area contributed by atoms with Crippen molar-refractivity contribution >= 4 is 9.84 Å². The molecule has 2 aromatic heterocycles. The molecule has 0 N–H and O–H groups in total. The highest BCUT2D eigenvalue weighted by atomic mass is 32.2. The molecule has 0 aliphatic rings. The minimum atomic E-state index is -4.65. The molecule has 2 rings (SSSR count). The van der Waals surface area contributed by atoms with E-state index in [0.29, 0.717) is 11.9 Å². The van der Waals surface area contributed by atoms with Gasteiger partial charge in [-0.3, -0.25) is 0 Å². The summed E-state index contributed by atoms with van der Waals surface area (Å²) in [6.45, 7) is 1.65. The Bertz CT molecular complexity index is 785. The van der Waals surface area contributed by atoms with E-state index in [1.165, 1.54) is 4.57 Å². The van der Waals surface area contributed by atoms with Crippen LogP contribution in [0.3, 0.4) is 0 Å². The van der Waals surface area contributed by atoms with Gasteiger partial charge >= 0.3 is 6.18 Å². The standard InChI is InChI=1S/C11H12F3N5O2S/c1-7-17-18-10(19(7)2)6-22(20,21)5-9-15-4-3-8(16-9)11(12,13)14/h3-4H,5-6H2,1-2H3. The lowest BCUT2D eigenvalue weighted by molar-refractivity contribution is -0.141. The molecule has 0 spiro atoms. The van der Waals surface area contributed by atoms with Gasteiger partial charge in [-0.25, -0.2) is 18.4 Å². The number of rotatable bonds is 4. The molecule has 11 heteroatoms. The Morgan fingerprint density at radius 3 is 2.45 bits per heavy atom. The summed E-state index contributed by atoms with van der Waals surface area (Å²) in [4.78, 5) is 6.81. The van der Waals surface area contributed by atoms with E-state index in [4.69, 9.17) is 0 Å². The van der Waals surface area contributed by atoms with Crippen molar-refractivity contribution in [3.63, 3.8) is 0 Å². The Balaban J connectivity index is 2.21. The average molecular weight is 335 g/mol. The van der Waals surface area contributed by atoms with Crippen LogP contribution in [-0.4, -0.2) is 33.2 Å². The van der Waals surface area contributed by atoms with Gasteiger partial charge in [0.25, 0.3) is 0 Å². The molecule has 0 aliphatic carbocycles. The summed E-state index contributed by atoms with van der Waals surface area (Å²) in [5.74, 6) is -0.842. The quantitative estimate of drug-likeness (QED) is 0.829. The van der Waals surface area contributed by atoms with Gasteiger partial charge in [0.15, 0.2) is 9.84 Å². The molecule has 120 valence electrons. The molecule has 0 bridgehead atoms. The highest BCUT2D eigenvalue weighted by molar-refractivity contribution is 7.89. The van der Waals surface area contributed by atoms with E-state index < -0.39 is 39.0 Å². The molecular formula is C11H12F3N5O2S. The van der Waals surface area contributed by atoms with Gasteiger partial charge in [-0.1, -0.05) is 0 Å². The summed E-state index contributed by atoms with van der Waals surface area (Å²) < 4.78 is 63.2. The summed E-state index contributed by atoms with van der Waals surface area (Å²) in [6.07, 6.45) is -3.77. The molecule has 0 aliphatic heterocycles. The zero-order valence-electron chi connectivity index (χ0n) is 11.7. The first kappa shape index (κ1) is 16.3. The normalized spacial score (nSPS) is 12.6. The topological polar surface area (TPSA) is 90.6 Å². The van der Waals surface area contributed by atoms with Crippen LogP contribution in [0.1, 0.15) is 23.2 Å². The number of sulfone groups is 1. The Hall–Kier alpha value is -2.04. The van der Waals surface area contributed by atoms with Crippen LogP contribution in [0.5, 0.6) is 0 Å². The second kappa shape index (κ2) is 5.63. The van der Waals surface area contributed by atoms with Gasteiger partial charge in [-0.05, 0) is 13.0 Å². The summed E-state index contributed by atoms with van der Waals surface area (Å²) in [6, 6.07) is 0.683. The lowest BCUT2D eigenvalue weighted by atomic mass is 10.4. The Morgan fingerprint density at radius 1 is 1.23 bits per heavy atom. The second-order valence-corrected chi connectivity index (χ2v) is 6.68. The third kappa shape index (κ3) is 3.78. The Labute approximate surface area is 124 Å². The van der Waals surface area contributed by atoms with Crippen molar-refractivity contribution in [1.29, 1.82) is 0 Å². The molecule has 0 atom stereocenters. The van der Waals surface area contributed by atoms with Gasteiger partial charge < -0.3 is 4.57 Å². The maximum absolute atomic E-state index is 12.5. The number of aromatic nitrogens is 5. The number of hydrogen-bond acceptors (Lipinski definition) is 6. The molecule has 0 radical (unpaired) electrons. The van der Waals surface area contributed by atoms with Crippen LogP contribution in [0.2, 0.25) is 0 Å². The molecule has 7 nitrogen and oxygen atoms in total. The predicted molar refractivity (Wildman–Crippen MR) is 69.1 cm³/mol. The molecule has 0 saturated carbocycles. The average Bonchev–Trinajstić information content (AvgIpc) is 2.69. The summed E-state index contributed by atoms with van der Waals surface area (Å²) in [5, 5.41) is 7.43. The Morgan fingerprint density at radius 2 is 1.91 bits per heavy atom. The number of halogens is 3. The van der Waals surface area contributed by atoms with Crippen LogP contribution in [0.15, 0.2) is 12.3 Å². The number of alkyl halides is 3. The molecule has 0 amide bonds. The van der Waals surface area contributed by atoms with Crippen LogP contribution in [0, 0.1) is 6.92 Å². The van der Waals surface area contributed by atoms with Gasteiger partial charge in [-0.2, -0.15) is 13.2 Å². The number of hydrogen-bond donors (Lipinski definition) is 0. The van der Waals surface area contributed by atoms with Crippen molar-refractivity contribution in [1.82, 2.24) is 24.7 Å². The van der Waals surface area contributed by atoms with E-state index >= 15 is 0 Å². The van der Waals surface area contributed by atoms with Crippen molar-refractivity contribution in [2.45, 2.75) is 24.6 Å². The first-order valence-electron chi connectivity index (χ1n) is 6.03. The fourth-order valence-electron chi connectivity index (χ4n) is 1.65. The second-order valence-electron chi connectivity index (χ2n) is 4.61. The number of nitrogens with zero attached hydrogens (tertiary/aromatic N) is 5. The van der Waals surface area contributed by atoms with Gasteiger partial charge in [0, 0.05) is 13.2 Å². The van der Waals surface area contributed by atoms with E-state index in [2.05, 4.69) is 20.2 Å².